The molecular weight excluding hydrogens is 334 g/mol. The van der Waals surface area contributed by atoms with Gasteiger partial charge in [-0.15, -0.1) is 0 Å². The number of aliphatic imine (C=N–C) groups is 1. The molecule has 1 unspecified atom stereocenters. The molecule has 138 valence electrons. The predicted molar refractivity (Wildman–Crippen MR) is 111 cm³/mol. The van der Waals surface area contributed by atoms with Crippen molar-refractivity contribution in [1.82, 2.24) is 4.57 Å². The third kappa shape index (κ3) is 3.00. The fourth-order valence-electron chi connectivity index (χ4n) is 4.00. The van der Waals surface area contributed by atoms with Gasteiger partial charge in [-0.3, -0.25) is 4.90 Å². The number of anilines is 1. The van der Waals surface area contributed by atoms with Crippen LogP contribution in [0.1, 0.15) is 34.0 Å². The van der Waals surface area contributed by atoms with Crippen LogP contribution in [0.3, 0.4) is 0 Å². The van der Waals surface area contributed by atoms with Crippen LogP contribution in [-0.4, -0.2) is 10.5 Å². The maximum Gasteiger partial charge on any atom is 0.204 e. The second-order valence-electron chi connectivity index (χ2n) is 7.24. The topological polar surface area (TPSA) is 72.6 Å². The number of fused-ring (bicyclic) bond motifs is 1. The summed E-state index contributed by atoms with van der Waals surface area (Å²) in [5.41, 5.74) is 19.8. The molecule has 5 nitrogen and oxygen atoms in total. The molecule has 1 aromatic heterocycles. The van der Waals surface area contributed by atoms with Crippen LogP contribution in [0.5, 0.6) is 0 Å². The van der Waals surface area contributed by atoms with E-state index in [1.807, 2.05) is 35.4 Å². The molecule has 1 aliphatic heterocycles. The summed E-state index contributed by atoms with van der Waals surface area (Å²) in [5.74, 6) is 1.26. The first-order valence-electron chi connectivity index (χ1n) is 9.15. The Morgan fingerprint density at radius 1 is 1.00 bits per heavy atom. The van der Waals surface area contributed by atoms with Crippen molar-refractivity contribution in [2.75, 3.05) is 4.90 Å². The molecule has 0 spiro atoms. The summed E-state index contributed by atoms with van der Waals surface area (Å²) in [6.07, 6.45) is 1.67. The highest BCUT2D eigenvalue weighted by Gasteiger charge is 2.31. The minimum Gasteiger partial charge on any atom is -0.369 e. The lowest BCUT2D eigenvalue weighted by molar-refractivity contribution is 0.717. The predicted octanol–water partition coefficient (Wildman–Crippen LogP) is 3.89. The number of guanidine groups is 1. The molecule has 5 heteroatoms. The minimum absolute atomic E-state index is 0.366. The van der Waals surface area contributed by atoms with Crippen LogP contribution in [0.25, 0.3) is 0 Å². The average molecular weight is 359 g/mol. The van der Waals surface area contributed by atoms with Gasteiger partial charge < -0.3 is 16.0 Å². The Morgan fingerprint density at radius 3 is 2.33 bits per heavy atom. The first-order valence-corrected chi connectivity index (χ1v) is 9.15. The molecular formula is C22H25N5. The molecule has 0 fully saturated rings. The maximum atomic E-state index is 6.65. The van der Waals surface area contributed by atoms with Gasteiger partial charge in [0, 0.05) is 18.3 Å². The highest BCUT2D eigenvalue weighted by atomic mass is 15.4. The quantitative estimate of drug-likeness (QED) is 0.745. The third-order valence-electron chi connectivity index (χ3n) is 5.10. The molecule has 0 radical (unpaired) electrons. The van der Waals surface area contributed by atoms with E-state index in [1.165, 1.54) is 11.1 Å². The Morgan fingerprint density at radius 2 is 1.67 bits per heavy atom. The Kier molecular flexibility index (Phi) is 4.24. The monoisotopic (exact) mass is 359 g/mol. The normalized spacial score (nSPS) is 16.2. The van der Waals surface area contributed by atoms with Crippen molar-refractivity contribution in [3.05, 3.63) is 82.5 Å². The molecule has 3 aromatic rings. The number of nitrogens with two attached hydrogens (primary N) is 2. The fraction of sp³-hybridized carbons (Fsp3) is 0.227. The molecule has 4 rings (SSSR count). The third-order valence-corrected chi connectivity index (χ3v) is 5.10. The molecule has 2 aromatic carbocycles. The van der Waals surface area contributed by atoms with E-state index in [0.29, 0.717) is 5.96 Å². The van der Waals surface area contributed by atoms with Crippen molar-refractivity contribution in [2.24, 2.45) is 16.5 Å². The van der Waals surface area contributed by atoms with E-state index in [4.69, 9.17) is 16.5 Å². The molecule has 1 aliphatic rings. The molecule has 2 heterocycles. The van der Waals surface area contributed by atoms with Gasteiger partial charge in [0.05, 0.1) is 5.69 Å². The van der Waals surface area contributed by atoms with E-state index >= 15 is 0 Å². The second-order valence-corrected chi connectivity index (χ2v) is 7.24. The number of aromatic nitrogens is 1. The zero-order valence-corrected chi connectivity index (χ0v) is 16.0. The number of rotatable bonds is 3. The molecule has 0 aliphatic carbocycles. The van der Waals surface area contributed by atoms with E-state index < -0.39 is 0 Å². The zero-order chi connectivity index (χ0) is 19.1. The van der Waals surface area contributed by atoms with Crippen LogP contribution in [0.15, 0.2) is 59.7 Å². The summed E-state index contributed by atoms with van der Waals surface area (Å²) in [5, 5.41) is 0. The van der Waals surface area contributed by atoms with Crippen molar-refractivity contribution >= 4 is 17.5 Å². The zero-order valence-electron chi connectivity index (χ0n) is 16.0. The first kappa shape index (κ1) is 17.4. The molecule has 0 bridgehead atoms. The first-order chi connectivity index (χ1) is 13.0. The minimum atomic E-state index is -0.366. The fourth-order valence-corrected chi connectivity index (χ4v) is 4.00. The van der Waals surface area contributed by atoms with Gasteiger partial charge >= 0.3 is 0 Å². The van der Waals surface area contributed by atoms with E-state index in [2.05, 4.69) is 49.6 Å². The van der Waals surface area contributed by atoms with Gasteiger partial charge in [-0.2, -0.15) is 4.99 Å². The summed E-state index contributed by atoms with van der Waals surface area (Å²) >= 11 is 0. The van der Waals surface area contributed by atoms with E-state index in [9.17, 15) is 0 Å². The lowest BCUT2D eigenvalue weighted by atomic mass is 10.0. The van der Waals surface area contributed by atoms with Gasteiger partial charge in [0.15, 0.2) is 0 Å². The second kappa shape index (κ2) is 6.59. The summed E-state index contributed by atoms with van der Waals surface area (Å²) < 4.78 is 2.10. The van der Waals surface area contributed by atoms with Crippen LogP contribution < -0.4 is 16.4 Å². The largest absolute Gasteiger partial charge is 0.369 e. The lowest BCUT2D eigenvalue weighted by Crippen LogP contribution is -2.46. The summed E-state index contributed by atoms with van der Waals surface area (Å²) in [7, 11) is 0. The van der Waals surface area contributed by atoms with Crippen molar-refractivity contribution in [3.8, 4) is 0 Å². The van der Waals surface area contributed by atoms with E-state index in [-0.39, 0.29) is 6.17 Å². The SMILES string of the molecule is Cc1cc(C)c(N2C(N)=Nc3c(ccn3Cc3ccccc3)C2N)c(C)c1. The number of benzene rings is 2. The molecule has 0 saturated carbocycles. The Balaban J connectivity index is 1.75. The highest BCUT2D eigenvalue weighted by molar-refractivity contribution is 6.00. The van der Waals surface area contributed by atoms with Crippen LogP contribution in [0, 0.1) is 20.8 Å². The van der Waals surface area contributed by atoms with Crippen molar-refractivity contribution in [2.45, 2.75) is 33.5 Å². The highest BCUT2D eigenvalue weighted by Crippen LogP contribution is 2.38. The Labute approximate surface area is 159 Å². The van der Waals surface area contributed by atoms with Gasteiger partial charge in [-0.1, -0.05) is 48.0 Å². The van der Waals surface area contributed by atoms with E-state index in [0.717, 1.165) is 34.7 Å². The average Bonchev–Trinajstić information content (AvgIpc) is 3.00. The molecule has 27 heavy (non-hydrogen) atoms. The summed E-state index contributed by atoms with van der Waals surface area (Å²) in [6.45, 7) is 7.01. The van der Waals surface area contributed by atoms with Crippen LogP contribution in [0.2, 0.25) is 0 Å². The van der Waals surface area contributed by atoms with Gasteiger partial charge in [-0.05, 0) is 43.5 Å². The number of hydrogen-bond donors (Lipinski definition) is 2. The van der Waals surface area contributed by atoms with Crippen molar-refractivity contribution < 1.29 is 0 Å². The number of nitrogens with zero attached hydrogens (tertiary/aromatic N) is 3. The Bertz CT molecular complexity index is 993. The molecule has 0 saturated heterocycles. The van der Waals surface area contributed by atoms with E-state index in [1.54, 1.807) is 0 Å². The lowest BCUT2D eigenvalue weighted by Gasteiger charge is -2.35. The molecule has 0 amide bonds. The van der Waals surface area contributed by atoms with Crippen LogP contribution in [0.4, 0.5) is 11.5 Å². The smallest absolute Gasteiger partial charge is 0.204 e. The molecule has 1 atom stereocenters. The standard InChI is InChI=1S/C22H25N5/c1-14-11-15(2)19(16(3)12-14)27-20(23)18-9-10-26(21(18)25-22(27)24)13-17-7-5-4-6-8-17/h4-12,20H,13,23H2,1-3H3,(H2,24,25). The molecule has 4 N–H and O–H groups in total. The maximum absolute atomic E-state index is 6.65. The summed E-state index contributed by atoms with van der Waals surface area (Å²) in [6, 6.07) is 16.7. The Hall–Kier alpha value is -3.05. The van der Waals surface area contributed by atoms with Crippen molar-refractivity contribution in [1.29, 1.82) is 0 Å². The van der Waals surface area contributed by atoms with Gasteiger partial charge in [-0.25, -0.2) is 0 Å². The van der Waals surface area contributed by atoms with Crippen molar-refractivity contribution in [3.63, 3.8) is 0 Å². The van der Waals surface area contributed by atoms with Gasteiger partial charge in [0.25, 0.3) is 0 Å². The van der Waals surface area contributed by atoms with Gasteiger partial charge in [0.2, 0.25) is 5.96 Å². The van der Waals surface area contributed by atoms with Crippen LogP contribution in [-0.2, 0) is 6.54 Å². The summed E-state index contributed by atoms with van der Waals surface area (Å²) in [4.78, 5) is 6.66. The van der Waals surface area contributed by atoms with Crippen LogP contribution >= 0.6 is 0 Å². The van der Waals surface area contributed by atoms with Gasteiger partial charge in [0.1, 0.15) is 12.0 Å². The number of hydrogen-bond acceptors (Lipinski definition) is 4. The number of aryl methyl sites for hydroxylation is 3.